The molecule has 2 atom stereocenters. The van der Waals surface area contributed by atoms with Crippen LogP contribution in [-0.2, 0) is 10.0 Å². The molecule has 1 heterocycles. The number of aryl methyl sites for hydroxylation is 1. The molecule has 0 aliphatic carbocycles. The monoisotopic (exact) mass is 399 g/mol. The molecule has 0 aromatic heterocycles. The Morgan fingerprint density at radius 2 is 1.79 bits per heavy atom. The lowest BCUT2D eigenvalue weighted by molar-refractivity contribution is 0.432. The summed E-state index contributed by atoms with van der Waals surface area (Å²) >= 11 is 0. The fourth-order valence-corrected chi connectivity index (χ4v) is 4.27. The van der Waals surface area contributed by atoms with Crippen molar-refractivity contribution in [2.75, 3.05) is 13.6 Å². The predicted octanol–water partition coefficient (Wildman–Crippen LogP) is 3.62. The minimum Gasteiger partial charge on any atom is -0.254 e. The van der Waals surface area contributed by atoms with Gasteiger partial charge < -0.3 is 0 Å². The van der Waals surface area contributed by atoms with Crippen LogP contribution in [0.1, 0.15) is 42.0 Å². The van der Waals surface area contributed by atoms with E-state index in [1.165, 1.54) is 15.3 Å². The van der Waals surface area contributed by atoms with E-state index in [9.17, 15) is 8.42 Å². The molecule has 0 spiro atoms. The molecule has 0 amide bonds. The molecule has 1 saturated heterocycles. The Morgan fingerprint density at radius 1 is 1.07 bits per heavy atom. The molecule has 150 valence electrons. The van der Waals surface area contributed by atoms with Crippen molar-refractivity contribution >= 4 is 16.1 Å². The number of hydrogen-bond acceptors (Lipinski definition) is 4. The summed E-state index contributed by atoms with van der Waals surface area (Å²) in [5, 5.41) is 1.29. The first kappa shape index (κ1) is 20.7. The van der Waals surface area contributed by atoms with Crippen molar-refractivity contribution in [3.8, 4) is 0 Å². The van der Waals surface area contributed by atoms with Crippen molar-refractivity contribution in [2.45, 2.75) is 38.3 Å². The van der Waals surface area contributed by atoms with E-state index >= 15 is 0 Å². The van der Waals surface area contributed by atoms with Gasteiger partial charge in [0.1, 0.15) is 0 Å². The van der Waals surface area contributed by atoms with Crippen LogP contribution in [0.4, 0.5) is 0 Å². The number of nitrogens with one attached hydrogen (secondary N) is 2. The summed E-state index contributed by atoms with van der Waals surface area (Å²) in [6.07, 6.45) is 4.40. The van der Waals surface area contributed by atoms with Crippen LogP contribution in [0.2, 0.25) is 0 Å². The fraction of sp³-hybridized carbons (Fsp3) is 0.364. The molecular weight excluding hydrogens is 370 g/mol. The standard InChI is InChI=1S/C22H29N3O2S/c1-18-10-12-19(13-11-18)14-16-28(26,27)25(2)15-6-9-21-17-22(24-23-21)20-7-4-3-5-8-20/h3-5,7-8,10-14,16,21-24H,6,9,15,17H2,1-2H3/b16-14+. The first-order valence-corrected chi connectivity index (χ1v) is 11.2. The van der Waals surface area contributed by atoms with Crippen LogP contribution in [0.3, 0.4) is 0 Å². The van der Waals surface area contributed by atoms with Gasteiger partial charge in [-0.05, 0) is 43.4 Å². The molecule has 3 rings (SSSR count). The largest absolute Gasteiger partial charge is 0.254 e. The average molecular weight is 400 g/mol. The van der Waals surface area contributed by atoms with Crippen LogP contribution in [0.25, 0.3) is 6.08 Å². The molecule has 28 heavy (non-hydrogen) atoms. The van der Waals surface area contributed by atoms with Crippen LogP contribution in [-0.4, -0.2) is 32.4 Å². The molecule has 2 aromatic carbocycles. The Bertz CT molecular complexity index is 880. The molecule has 2 aromatic rings. The third kappa shape index (κ3) is 5.75. The first-order chi connectivity index (χ1) is 13.4. The molecule has 1 fully saturated rings. The third-order valence-corrected chi connectivity index (χ3v) is 6.69. The van der Waals surface area contributed by atoms with E-state index in [1.807, 2.05) is 49.4 Å². The highest BCUT2D eigenvalue weighted by molar-refractivity contribution is 7.92. The van der Waals surface area contributed by atoms with Gasteiger partial charge in [-0.25, -0.2) is 12.7 Å². The van der Waals surface area contributed by atoms with E-state index in [-0.39, 0.29) is 0 Å². The average Bonchev–Trinajstić information content (AvgIpc) is 3.17. The summed E-state index contributed by atoms with van der Waals surface area (Å²) in [6, 6.07) is 18.8. The summed E-state index contributed by atoms with van der Waals surface area (Å²) in [4.78, 5) is 0. The van der Waals surface area contributed by atoms with Crippen molar-refractivity contribution in [1.29, 1.82) is 0 Å². The number of benzene rings is 2. The Morgan fingerprint density at radius 3 is 2.50 bits per heavy atom. The second kappa shape index (κ2) is 9.47. The molecule has 2 unspecified atom stereocenters. The fourth-order valence-electron chi connectivity index (χ4n) is 3.35. The summed E-state index contributed by atoms with van der Waals surface area (Å²) in [5.41, 5.74) is 9.99. The summed E-state index contributed by atoms with van der Waals surface area (Å²) in [7, 11) is -1.76. The molecule has 1 aliphatic heterocycles. The Labute approximate surface area is 168 Å². The molecule has 2 N–H and O–H groups in total. The van der Waals surface area contributed by atoms with Crippen LogP contribution >= 0.6 is 0 Å². The van der Waals surface area contributed by atoms with Crippen molar-refractivity contribution in [3.63, 3.8) is 0 Å². The summed E-state index contributed by atoms with van der Waals surface area (Å²) < 4.78 is 26.3. The van der Waals surface area contributed by atoms with E-state index in [0.717, 1.165) is 30.4 Å². The van der Waals surface area contributed by atoms with Gasteiger partial charge in [-0.15, -0.1) is 0 Å². The van der Waals surface area contributed by atoms with E-state index in [0.29, 0.717) is 18.6 Å². The molecule has 5 nitrogen and oxygen atoms in total. The van der Waals surface area contributed by atoms with Gasteiger partial charge in [-0.2, -0.15) is 0 Å². The summed E-state index contributed by atoms with van der Waals surface area (Å²) in [5.74, 6) is 0. The lowest BCUT2D eigenvalue weighted by Gasteiger charge is -2.16. The molecule has 6 heteroatoms. The van der Waals surface area contributed by atoms with Gasteiger partial charge in [-0.1, -0.05) is 60.2 Å². The SMILES string of the molecule is Cc1ccc(/C=C/S(=O)(=O)N(C)CCCC2CC(c3ccccc3)NN2)cc1. The maximum absolute atomic E-state index is 12.4. The van der Waals surface area contributed by atoms with Crippen LogP contribution in [0.15, 0.2) is 60.0 Å². The normalized spacial score (nSPS) is 20.2. The number of hydrazine groups is 1. The van der Waals surface area contributed by atoms with Gasteiger partial charge in [0.2, 0.25) is 10.0 Å². The predicted molar refractivity (Wildman–Crippen MR) is 115 cm³/mol. The Hall–Kier alpha value is -1.99. The van der Waals surface area contributed by atoms with Crippen molar-refractivity contribution < 1.29 is 8.42 Å². The summed E-state index contributed by atoms with van der Waals surface area (Å²) in [6.45, 7) is 2.52. The zero-order valence-corrected chi connectivity index (χ0v) is 17.3. The lowest BCUT2D eigenvalue weighted by atomic mass is 10.00. The van der Waals surface area contributed by atoms with Crippen molar-refractivity contribution in [2.24, 2.45) is 0 Å². The quantitative estimate of drug-likeness (QED) is 0.712. The minimum atomic E-state index is -3.40. The topological polar surface area (TPSA) is 61.4 Å². The minimum absolute atomic E-state index is 0.310. The van der Waals surface area contributed by atoms with Crippen molar-refractivity contribution in [3.05, 3.63) is 76.7 Å². The second-order valence-corrected chi connectivity index (χ2v) is 9.33. The molecule has 0 bridgehead atoms. The number of hydrogen-bond donors (Lipinski definition) is 2. The van der Waals surface area contributed by atoms with Gasteiger partial charge in [0, 0.05) is 31.1 Å². The van der Waals surface area contributed by atoms with E-state index < -0.39 is 10.0 Å². The number of sulfonamides is 1. The smallest absolute Gasteiger partial charge is 0.235 e. The maximum atomic E-state index is 12.4. The van der Waals surface area contributed by atoms with Crippen LogP contribution in [0, 0.1) is 6.92 Å². The zero-order valence-electron chi connectivity index (χ0n) is 16.5. The number of rotatable bonds is 8. The van der Waals surface area contributed by atoms with E-state index in [1.54, 1.807) is 13.1 Å². The molecule has 0 saturated carbocycles. The van der Waals surface area contributed by atoms with Crippen LogP contribution < -0.4 is 10.9 Å². The zero-order chi connectivity index (χ0) is 20.0. The lowest BCUT2D eigenvalue weighted by Crippen LogP contribution is -2.32. The highest BCUT2D eigenvalue weighted by atomic mass is 32.2. The van der Waals surface area contributed by atoms with E-state index in [4.69, 9.17) is 0 Å². The third-order valence-electron chi connectivity index (χ3n) is 5.15. The van der Waals surface area contributed by atoms with Gasteiger partial charge >= 0.3 is 0 Å². The Kier molecular flexibility index (Phi) is 7.02. The van der Waals surface area contributed by atoms with Gasteiger partial charge in [-0.3, -0.25) is 10.9 Å². The maximum Gasteiger partial charge on any atom is 0.235 e. The molecular formula is C22H29N3O2S. The number of nitrogens with zero attached hydrogens (tertiary/aromatic N) is 1. The van der Waals surface area contributed by atoms with Crippen LogP contribution in [0.5, 0.6) is 0 Å². The Balaban J connectivity index is 1.44. The highest BCUT2D eigenvalue weighted by Crippen LogP contribution is 2.24. The van der Waals surface area contributed by atoms with Gasteiger partial charge in [0.05, 0.1) is 0 Å². The van der Waals surface area contributed by atoms with Crippen molar-refractivity contribution in [1.82, 2.24) is 15.2 Å². The first-order valence-electron chi connectivity index (χ1n) is 9.71. The van der Waals surface area contributed by atoms with Gasteiger partial charge in [0.15, 0.2) is 0 Å². The molecule has 0 radical (unpaired) electrons. The van der Waals surface area contributed by atoms with E-state index in [2.05, 4.69) is 23.0 Å². The van der Waals surface area contributed by atoms with Gasteiger partial charge in [0.25, 0.3) is 0 Å². The molecule has 1 aliphatic rings. The second-order valence-electron chi connectivity index (χ2n) is 7.41. The highest BCUT2D eigenvalue weighted by Gasteiger charge is 2.24.